The van der Waals surface area contributed by atoms with Gasteiger partial charge in [-0.25, -0.2) is 9.79 Å². The van der Waals surface area contributed by atoms with Crippen molar-refractivity contribution in [3.05, 3.63) is 12.4 Å². The minimum Gasteiger partial charge on any atom is -0.230 e. The molecule has 0 radical (unpaired) electrons. The van der Waals surface area contributed by atoms with Crippen molar-refractivity contribution < 1.29 is 9.28 Å². The zero-order valence-corrected chi connectivity index (χ0v) is 39.0. The molecule has 0 aromatic carbocycles. The summed E-state index contributed by atoms with van der Waals surface area (Å²) in [6.07, 6.45) is 65.0. The van der Waals surface area contributed by atoms with Gasteiger partial charge in [-0.15, -0.1) is 0 Å². The van der Waals surface area contributed by atoms with Crippen LogP contribution in [-0.2, 0) is 4.79 Å². The quantitative estimate of drug-likeness (QED) is 0.0447. The van der Waals surface area contributed by atoms with Crippen LogP contribution in [0.5, 0.6) is 0 Å². The second-order valence-corrected chi connectivity index (χ2v) is 18.5. The summed E-state index contributed by atoms with van der Waals surface area (Å²) in [6.45, 7) is 7.84. The number of rotatable bonds is 46. The van der Waals surface area contributed by atoms with Gasteiger partial charge in [0.25, 0.3) is 0 Å². The lowest BCUT2D eigenvalue weighted by Crippen LogP contribution is -2.52. The Bertz CT molecular complexity index is 879. The topological polar surface area (TPSA) is 29.4 Å². The molecule has 0 spiro atoms. The van der Waals surface area contributed by atoms with E-state index >= 15 is 0 Å². The Labute approximate surface area is 353 Å². The highest BCUT2D eigenvalue weighted by atomic mass is 16.2. The van der Waals surface area contributed by atoms with E-state index in [1.165, 1.54) is 263 Å². The highest BCUT2D eigenvalue weighted by Gasteiger charge is 2.41. The molecule has 56 heavy (non-hydrogen) atoms. The van der Waals surface area contributed by atoms with E-state index in [4.69, 9.17) is 4.99 Å². The van der Waals surface area contributed by atoms with Gasteiger partial charge in [-0.1, -0.05) is 271 Å². The van der Waals surface area contributed by atoms with Crippen molar-refractivity contribution in [2.75, 3.05) is 6.54 Å². The van der Waals surface area contributed by atoms with Gasteiger partial charge in [0.05, 0.1) is 19.2 Å². The van der Waals surface area contributed by atoms with Gasteiger partial charge in [-0.3, -0.25) is 0 Å². The number of aliphatic imine (C=N–C) groups is 1. The van der Waals surface area contributed by atoms with Crippen LogP contribution in [0.15, 0.2) is 17.4 Å². The maximum atomic E-state index is 14.1. The van der Waals surface area contributed by atoms with Gasteiger partial charge in [0.2, 0.25) is 5.84 Å². The molecule has 1 heterocycles. The molecule has 0 fully saturated rings. The number of amidine groups is 1. The van der Waals surface area contributed by atoms with Crippen molar-refractivity contribution in [2.24, 2.45) is 4.99 Å². The number of amides is 1. The van der Waals surface area contributed by atoms with Gasteiger partial charge in [0.15, 0.2) is 0 Å². The average molecular weight is 784 g/mol. The lowest BCUT2D eigenvalue weighted by atomic mass is 10.0. The van der Waals surface area contributed by atoms with Crippen LogP contribution in [0.4, 0.5) is 0 Å². The van der Waals surface area contributed by atoms with Gasteiger partial charge in [0, 0.05) is 6.42 Å². The number of nitrogens with zero attached hydrogens (tertiary/aromatic N) is 2. The molecule has 1 unspecified atom stereocenters. The largest absolute Gasteiger partial charge is 0.324 e. The molecule has 1 rings (SSSR count). The van der Waals surface area contributed by atoms with E-state index in [2.05, 4.69) is 27.0 Å². The molecule has 0 saturated heterocycles. The van der Waals surface area contributed by atoms with E-state index < -0.39 is 0 Å². The molecular formula is C53H103N2O+. The molecule has 0 aliphatic carbocycles. The van der Waals surface area contributed by atoms with Gasteiger partial charge in [0.1, 0.15) is 6.20 Å². The first kappa shape index (κ1) is 53.1. The molecule has 330 valence electrons. The minimum atomic E-state index is 0.423. The number of hydrogen-bond acceptors (Lipinski definition) is 2. The van der Waals surface area contributed by atoms with E-state index in [0.717, 1.165) is 38.1 Å². The van der Waals surface area contributed by atoms with Crippen LogP contribution in [0.2, 0.25) is 0 Å². The number of carbonyl (C=O) groups is 1. The maximum absolute atomic E-state index is 14.1. The lowest BCUT2D eigenvalue weighted by Gasteiger charge is -2.30. The van der Waals surface area contributed by atoms with Crippen LogP contribution in [0, 0.1) is 0 Å². The SMILES string of the molecule is CCCCCCCCCCCCCCCCCCC1=NC=C[N+]1(CCCCCCCCCCCCCCCC)C(=O)CCCCCCCCCCCCCCC. The standard InChI is InChI=1S/C53H103N2O/c1-4-7-10-13-16-19-22-25-27-28-30-32-35-38-41-44-47-52-54-49-51-55(52,50-46-43-40-37-34-31-26-23-20-17-14-11-8-5-2)53(56)48-45-42-39-36-33-29-24-21-18-15-12-9-6-3/h49,51H,4-48,50H2,1-3H3/q+1. The van der Waals surface area contributed by atoms with E-state index in [9.17, 15) is 4.79 Å². The fourth-order valence-electron chi connectivity index (χ4n) is 9.12. The smallest absolute Gasteiger partial charge is 0.230 e. The molecule has 1 aliphatic heterocycles. The van der Waals surface area contributed by atoms with E-state index in [1.807, 2.05) is 6.20 Å². The highest BCUT2D eigenvalue weighted by Crippen LogP contribution is 2.27. The molecule has 0 aromatic heterocycles. The van der Waals surface area contributed by atoms with Crippen LogP contribution >= 0.6 is 0 Å². The van der Waals surface area contributed by atoms with E-state index in [1.54, 1.807) is 0 Å². The summed E-state index contributed by atoms with van der Waals surface area (Å²) >= 11 is 0. The maximum Gasteiger partial charge on any atom is 0.324 e. The predicted octanol–water partition coefficient (Wildman–Crippen LogP) is 18.8. The third kappa shape index (κ3) is 31.0. The zero-order valence-electron chi connectivity index (χ0n) is 39.0. The minimum absolute atomic E-state index is 0.423. The molecule has 1 amide bonds. The molecule has 1 atom stereocenters. The van der Waals surface area contributed by atoms with Crippen molar-refractivity contribution in [1.29, 1.82) is 0 Å². The fourth-order valence-corrected chi connectivity index (χ4v) is 9.12. The van der Waals surface area contributed by atoms with E-state index in [-0.39, 0.29) is 0 Å². The third-order valence-corrected chi connectivity index (χ3v) is 13.1. The summed E-state index contributed by atoms with van der Waals surface area (Å²) in [5, 5.41) is 0. The number of quaternary nitrogens is 1. The molecule has 0 saturated carbocycles. The van der Waals surface area contributed by atoms with Crippen LogP contribution in [0.25, 0.3) is 0 Å². The first-order valence-corrected chi connectivity index (χ1v) is 26.4. The highest BCUT2D eigenvalue weighted by molar-refractivity contribution is 5.90. The summed E-state index contributed by atoms with van der Waals surface area (Å²) in [7, 11) is 0. The van der Waals surface area contributed by atoms with Crippen molar-refractivity contribution in [1.82, 2.24) is 0 Å². The Balaban J connectivity index is 2.34. The normalized spacial score (nSPS) is 15.3. The van der Waals surface area contributed by atoms with Crippen molar-refractivity contribution >= 4 is 11.7 Å². The van der Waals surface area contributed by atoms with Crippen LogP contribution < -0.4 is 0 Å². The van der Waals surface area contributed by atoms with E-state index in [0.29, 0.717) is 10.4 Å². The Kier molecular flexibility index (Phi) is 40.0. The van der Waals surface area contributed by atoms with Crippen molar-refractivity contribution in [3.63, 3.8) is 0 Å². The summed E-state index contributed by atoms with van der Waals surface area (Å²) in [4.78, 5) is 19.0. The molecule has 1 aliphatic rings. The average Bonchev–Trinajstić information content (AvgIpc) is 3.62. The molecular weight excluding hydrogens is 681 g/mol. The summed E-state index contributed by atoms with van der Waals surface area (Å²) < 4.78 is 0.454. The van der Waals surface area contributed by atoms with Crippen molar-refractivity contribution in [2.45, 2.75) is 310 Å². The molecule has 3 heteroatoms. The second kappa shape index (κ2) is 42.2. The summed E-state index contributed by atoms with van der Waals surface area (Å²) in [5.74, 6) is 1.58. The van der Waals surface area contributed by atoms with Gasteiger partial charge < -0.3 is 0 Å². The Morgan fingerprint density at radius 1 is 0.375 bits per heavy atom. The van der Waals surface area contributed by atoms with Gasteiger partial charge in [-0.2, -0.15) is 4.48 Å². The van der Waals surface area contributed by atoms with Crippen LogP contribution in [-0.4, -0.2) is 22.8 Å². The Morgan fingerprint density at radius 2 is 0.643 bits per heavy atom. The Hall–Kier alpha value is -0.960. The second-order valence-electron chi connectivity index (χ2n) is 18.5. The molecule has 0 bridgehead atoms. The number of carbonyl (C=O) groups excluding carboxylic acids is 1. The van der Waals surface area contributed by atoms with Crippen LogP contribution in [0.3, 0.4) is 0 Å². The van der Waals surface area contributed by atoms with Crippen LogP contribution in [0.1, 0.15) is 310 Å². The predicted molar refractivity (Wildman–Crippen MR) is 251 cm³/mol. The fraction of sp³-hybridized carbons (Fsp3) is 0.925. The van der Waals surface area contributed by atoms with Crippen molar-refractivity contribution in [3.8, 4) is 0 Å². The molecule has 3 nitrogen and oxygen atoms in total. The zero-order chi connectivity index (χ0) is 40.3. The van der Waals surface area contributed by atoms with Gasteiger partial charge in [-0.05, 0) is 25.7 Å². The monoisotopic (exact) mass is 784 g/mol. The molecule has 0 N–H and O–H groups in total. The third-order valence-electron chi connectivity index (χ3n) is 13.1. The number of unbranched alkanes of at least 4 members (excludes halogenated alkanes) is 40. The molecule has 0 aromatic rings. The first-order valence-electron chi connectivity index (χ1n) is 26.4. The first-order chi connectivity index (χ1) is 27.7. The number of hydrogen-bond donors (Lipinski definition) is 0. The summed E-state index contributed by atoms with van der Waals surface area (Å²) in [5.41, 5.74) is 0. The lowest BCUT2D eigenvalue weighted by molar-refractivity contribution is -0.708. The van der Waals surface area contributed by atoms with Gasteiger partial charge >= 0.3 is 5.91 Å². The summed E-state index contributed by atoms with van der Waals surface area (Å²) in [6, 6.07) is 0. The Morgan fingerprint density at radius 3 is 0.964 bits per heavy atom.